The number of amides is 1. The second kappa shape index (κ2) is 5.67. The zero-order valence-corrected chi connectivity index (χ0v) is 11.2. The molecule has 1 aliphatic rings. The molecule has 0 aromatic heterocycles. The molecular formula is C13H26N2O. The number of hydrogen-bond acceptors (Lipinski definition) is 2. The number of nitrogens with zero attached hydrogens (tertiary/aromatic N) is 1. The molecule has 1 atom stereocenters. The van der Waals surface area contributed by atoms with Crippen LogP contribution < -0.4 is 5.32 Å². The van der Waals surface area contributed by atoms with Crippen LogP contribution >= 0.6 is 0 Å². The second-order valence-corrected chi connectivity index (χ2v) is 5.13. The number of carbonyl (C=O) groups is 1. The smallest absolute Gasteiger partial charge is 0.226 e. The van der Waals surface area contributed by atoms with Crippen LogP contribution in [0.1, 0.15) is 46.5 Å². The maximum absolute atomic E-state index is 12.4. The van der Waals surface area contributed by atoms with E-state index in [2.05, 4.69) is 31.0 Å². The van der Waals surface area contributed by atoms with Crippen molar-refractivity contribution in [2.75, 3.05) is 20.1 Å². The Balaban J connectivity index is 2.74. The van der Waals surface area contributed by atoms with Gasteiger partial charge in [-0.05, 0) is 39.7 Å². The zero-order chi connectivity index (χ0) is 12.2. The van der Waals surface area contributed by atoms with Crippen LogP contribution in [0.3, 0.4) is 0 Å². The number of likely N-dealkylation sites (N-methyl/N-ethyl adjacent to an activating group) is 1. The van der Waals surface area contributed by atoms with Gasteiger partial charge in [-0.15, -0.1) is 0 Å². The van der Waals surface area contributed by atoms with Crippen molar-refractivity contribution in [3.63, 3.8) is 0 Å². The summed E-state index contributed by atoms with van der Waals surface area (Å²) >= 11 is 0. The van der Waals surface area contributed by atoms with Gasteiger partial charge in [0.1, 0.15) is 0 Å². The molecule has 0 bridgehead atoms. The number of hydrogen-bond donors (Lipinski definition) is 1. The Labute approximate surface area is 99.6 Å². The molecule has 16 heavy (non-hydrogen) atoms. The van der Waals surface area contributed by atoms with Crippen molar-refractivity contribution in [1.82, 2.24) is 10.2 Å². The van der Waals surface area contributed by atoms with E-state index < -0.39 is 0 Å². The van der Waals surface area contributed by atoms with Crippen molar-refractivity contribution < 1.29 is 4.79 Å². The molecule has 0 aliphatic carbocycles. The molecule has 3 heteroatoms. The van der Waals surface area contributed by atoms with Crippen LogP contribution in [-0.2, 0) is 4.79 Å². The quantitative estimate of drug-likeness (QED) is 0.778. The summed E-state index contributed by atoms with van der Waals surface area (Å²) in [6.07, 6.45) is 4.19. The van der Waals surface area contributed by atoms with E-state index in [1.807, 2.05) is 7.05 Å². The van der Waals surface area contributed by atoms with Gasteiger partial charge in [-0.25, -0.2) is 0 Å². The first-order chi connectivity index (χ1) is 7.59. The maximum Gasteiger partial charge on any atom is 0.226 e. The van der Waals surface area contributed by atoms with Crippen LogP contribution in [0, 0.1) is 5.92 Å². The monoisotopic (exact) mass is 226 g/mol. The van der Waals surface area contributed by atoms with Crippen LogP contribution in [0.5, 0.6) is 0 Å². The number of likely N-dealkylation sites (tertiary alicyclic amines) is 1. The molecule has 1 rings (SSSR count). The Morgan fingerprint density at radius 3 is 2.56 bits per heavy atom. The third kappa shape index (κ3) is 2.57. The van der Waals surface area contributed by atoms with Crippen LogP contribution in [0.15, 0.2) is 0 Å². The standard InChI is InChI=1S/C13H26N2O/c1-5-11(6-2)12(16)15-9-7-8-13(15,3)10-14-4/h11,14H,5-10H2,1-4H3. The summed E-state index contributed by atoms with van der Waals surface area (Å²) < 4.78 is 0. The normalized spacial score (nSPS) is 25.4. The van der Waals surface area contributed by atoms with Crippen molar-refractivity contribution in [2.45, 2.75) is 52.0 Å². The summed E-state index contributed by atoms with van der Waals surface area (Å²) in [4.78, 5) is 14.5. The lowest BCUT2D eigenvalue weighted by Crippen LogP contribution is -2.52. The molecule has 1 amide bonds. The van der Waals surface area contributed by atoms with E-state index in [9.17, 15) is 4.79 Å². The second-order valence-electron chi connectivity index (χ2n) is 5.13. The molecular weight excluding hydrogens is 200 g/mol. The largest absolute Gasteiger partial charge is 0.336 e. The van der Waals surface area contributed by atoms with Crippen molar-refractivity contribution in [2.24, 2.45) is 5.92 Å². The molecule has 1 saturated heterocycles. The third-order valence-corrected chi connectivity index (χ3v) is 3.91. The van der Waals surface area contributed by atoms with E-state index >= 15 is 0 Å². The van der Waals surface area contributed by atoms with Crippen LogP contribution in [0.4, 0.5) is 0 Å². The molecule has 0 aromatic rings. The predicted octanol–water partition coefficient (Wildman–Crippen LogP) is 2.02. The van der Waals surface area contributed by atoms with Gasteiger partial charge < -0.3 is 10.2 Å². The van der Waals surface area contributed by atoms with Crippen molar-refractivity contribution in [1.29, 1.82) is 0 Å². The minimum absolute atomic E-state index is 0.0361. The first kappa shape index (κ1) is 13.5. The molecule has 1 N–H and O–H groups in total. The zero-order valence-electron chi connectivity index (χ0n) is 11.2. The summed E-state index contributed by atoms with van der Waals surface area (Å²) in [6.45, 7) is 8.26. The minimum Gasteiger partial charge on any atom is -0.336 e. The molecule has 0 spiro atoms. The lowest BCUT2D eigenvalue weighted by Gasteiger charge is -2.37. The van der Waals surface area contributed by atoms with Gasteiger partial charge in [0.05, 0.1) is 5.54 Å². The number of rotatable bonds is 5. The Kier molecular flexibility index (Phi) is 4.78. The first-order valence-electron chi connectivity index (χ1n) is 6.55. The van der Waals surface area contributed by atoms with Crippen molar-refractivity contribution >= 4 is 5.91 Å². The lowest BCUT2D eigenvalue weighted by molar-refractivity contribution is -0.139. The Morgan fingerprint density at radius 2 is 2.06 bits per heavy atom. The van der Waals surface area contributed by atoms with Gasteiger partial charge in [0.15, 0.2) is 0 Å². The molecule has 1 fully saturated rings. The van der Waals surface area contributed by atoms with Gasteiger partial charge in [0, 0.05) is 19.0 Å². The summed E-state index contributed by atoms with van der Waals surface area (Å²) in [7, 11) is 1.96. The molecule has 0 radical (unpaired) electrons. The van der Waals surface area contributed by atoms with Gasteiger partial charge >= 0.3 is 0 Å². The highest BCUT2D eigenvalue weighted by Gasteiger charge is 2.40. The van der Waals surface area contributed by atoms with Gasteiger partial charge in [-0.1, -0.05) is 13.8 Å². The van der Waals surface area contributed by atoms with Crippen LogP contribution in [-0.4, -0.2) is 36.5 Å². The third-order valence-electron chi connectivity index (χ3n) is 3.91. The topological polar surface area (TPSA) is 32.3 Å². The SMILES string of the molecule is CCC(CC)C(=O)N1CCCC1(C)CNC. The Bertz CT molecular complexity index is 238. The Morgan fingerprint density at radius 1 is 1.44 bits per heavy atom. The van der Waals surface area contributed by atoms with E-state index in [4.69, 9.17) is 0 Å². The fraction of sp³-hybridized carbons (Fsp3) is 0.923. The predicted molar refractivity (Wildman–Crippen MR) is 67.4 cm³/mol. The lowest BCUT2D eigenvalue weighted by atomic mass is 9.95. The van der Waals surface area contributed by atoms with Crippen molar-refractivity contribution in [3.8, 4) is 0 Å². The fourth-order valence-corrected chi connectivity index (χ4v) is 2.82. The molecule has 3 nitrogen and oxygen atoms in total. The highest BCUT2D eigenvalue weighted by molar-refractivity contribution is 5.79. The van der Waals surface area contributed by atoms with Gasteiger partial charge in [0.2, 0.25) is 5.91 Å². The summed E-state index contributed by atoms with van der Waals surface area (Å²) in [5.74, 6) is 0.578. The average molecular weight is 226 g/mol. The van der Waals surface area contributed by atoms with Crippen molar-refractivity contribution in [3.05, 3.63) is 0 Å². The van der Waals surface area contributed by atoms with E-state index in [0.29, 0.717) is 5.91 Å². The van der Waals surface area contributed by atoms with E-state index in [-0.39, 0.29) is 11.5 Å². The minimum atomic E-state index is 0.0361. The fourth-order valence-electron chi connectivity index (χ4n) is 2.82. The average Bonchev–Trinajstić information content (AvgIpc) is 2.62. The highest BCUT2D eigenvalue weighted by atomic mass is 16.2. The molecule has 94 valence electrons. The molecule has 0 saturated carbocycles. The Hall–Kier alpha value is -0.570. The van der Waals surface area contributed by atoms with Gasteiger partial charge in [-0.2, -0.15) is 0 Å². The van der Waals surface area contributed by atoms with Gasteiger partial charge in [0.25, 0.3) is 0 Å². The maximum atomic E-state index is 12.4. The molecule has 1 aliphatic heterocycles. The van der Waals surface area contributed by atoms with E-state index in [0.717, 1.165) is 38.8 Å². The molecule has 1 unspecified atom stereocenters. The van der Waals surface area contributed by atoms with Crippen LogP contribution in [0.25, 0.3) is 0 Å². The molecule has 0 aromatic carbocycles. The van der Waals surface area contributed by atoms with Gasteiger partial charge in [-0.3, -0.25) is 4.79 Å². The van der Waals surface area contributed by atoms with Crippen LogP contribution in [0.2, 0.25) is 0 Å². The number of nitrogens with one attached hydrogen (secondary N) is 1. The van der Waals surface area contributed by atoms with E-state index in [1.54, 1.807) is 0 Å². The number of carbonyl (C=O) groups excluding carboxylic acids is 1. The summed E-state index contributed by atoms with van der Waals surface area (Å²) in [5, 5.41) is 3.22. The molecule has 1 heterocycles. The summed E-state index contributed by atoms with van der Waals surface area (Å²) in [5.41, 5.74) is 0.0361. The highest BCUT2D eigenvalue weighted by Crippen LogP contribution is 2.30. The first-order valence-corrected chi connectivity index (χ1v) is 6.55. The summed E-state index contributed by atoms with van der Waals surface area (Å²) in [6, 6.07) is 0. The van der Waals surface area contributed by atoms with E-state index in [1.165, 1.54) is 0 Å².